The van der Waals surface area contributed by atoms with Crippen LogP contribution in [0, 0.1) is 0 Å². The standard InChI is InChI=1S/C14H18F3NO2/c1-4-20-13(19)12(18-9(2)3)10-6-5-7-11(8-10)14(15,16)17/h5-9,12,18H,4H2,1-3H3. The average Bonchev–Trinajstić information content (AvgIpc) is 2.35. The molecule has 0 radical (unpaired) electrons. The number of hydrogen-bond donors (Lipinski definition) is 1. The minimum absolute atomic E-state index is 0.0704. The fourth-order valence-electron chi connectivity index (χ4n) is 1.75. The Hall–Kier alpha value is -1.56. The van der Waals surface area contributed by atoms with E-state index in [9.17, 15) is 18.0 Å². The maximum Gasteiger partial charge on any atom is 0.416 e. The summed E-state index contributed by atoms with van der Waals surface area (Å²) in [5.41, 5.74) is -0.540. The van der Waals surface area contributed by atoms with Gasteiger partial charge in [-0.1, -0.05) is 12.1 Å². The molecule has 1 rings (SSSR count). The first-order chi connectivity index (χ1) is 9.25. The van der Waals surface area contributed by atoms with E-state index in [1.54, 1.807) is 20.8 Å². The minimum atomic E-state index is -4.44. The van der Waals surface area contributed by atoms with Crippen molar-refractivity contribution in [2.45, 2.75) is 39.0 Å². The van der Waals surface area contributed by atoms with Crippen molar-refractivity contribution in [2.75, 3.05) is 6.61 Å². The first-order valence-electron chi connectivity index (χ1n) is 6.35. The lowest BCUT2D eigenvalue weighted by Gasteiger charge is -2.21. The number of hydrogen-bond acceptors (Lipinski definition) is 3. The topological polar surface area (TPSA) is 38.3 Å². The number of nitrogens with one attached hydrogen (secondary N) is 1. The van der Waals surface area contributed by atoms with Gasteiger partial charge in [-0.25, -0.2) is 4.79 Å². The molecular weight excluding hydrogens is 271 g/mol. The highest BCUT2D eigenvalue weighted by Crippen LogP contribution is 2.31. The Labute approximate surface area is 116 Å². The van der Waals surface area contributed by atoms with Gasteiger partial charge in [0.25, 0.3) is 0 Å². The predicted octanol–water partition coefficient (Wildman–Crippen LogP) is 3.31. The van der Waals surface area contributed by atoms with E-state index in [1.165, 1.54) is 12.1 Å². The Morgan fingerprint density at radius 2 is 2.00 bits per heavy atom. The molecule has 112 valence electrons. The third-order valence-corrected chi connectivity index (χ3v) is 2.57. The molecular formula is C14H18F3NO2. The van der Waals surface area contributed by atoms with E-state index in [4.69, 9.17) is 4.74 Å². The van der Waals surface area contributed by atoms with Gasteiger partial charge in [0.2, 0.25) is 0 Å². The van der Waals surface area contributed by atoms with Gasteiger partial charge in [-0.3, -0.25) is 5.32 Å². The van der Waals surface area contributed by atoms with E-state index in [2.05, 4.69) is 5.32 Å². The molecule has 0 aromatic heterocycles. The fraction of sp³-hybridized carbons (Fsp3) is 0.500. The highest BCUT2D eigenvalue weighted by atomic mass is 19.4. The molecule has 0 bridgehead atoms. The van der Waals surface area contributed by atoms with E-state index >= 15 is 0 Å². The van der Waals surface area contributed by atoms with Crippen LogP contribution in [0.15, 0.2) is 24.3 Å². The minimum Gasteiger partial charge on any atom is -0.465 e. The molecule has 3 nitrogen and oxygen atoms in total. The Balaban J connectivity index is 3.10. The molecule has 6 heteroatoms. The molecule has 0 aliphatic carbocycles. The third-order valence-electron chi connectivity index (χ3n) is 2.57. The second-order valence-corrected chi connectivity index (χ2v) is 4.63. The van der Waals surface area contributed by atoms with Crippen LogP contribution in [0.5, 0.6) is 0 Å². The summed E-state index contributed by atoms with van der Waals surface area (Å²) in [6, 6.07) is 3.73. The third kappa shape index (κ3) is 4.52. The molecule has 0 saturated carbocycles. The van der Waals surface area contributed by atoms with Crippen molar-refractivity contribution in [1.82, 2.24) is 5.32 Å². The van der Waals surface area contributed by atoms with Gasteiger partial charge in [0, 0.05) is 6.04 Å². The van der Waals surface area contributed by atoms with Gasteiger partial charge < -0.3 is 4.74 Å². The first-order valence-corrected chi connectivity index (χ1v) is 6.35. The van der Waals surface area contributed by atoms with Gasteiger partial charge in [-0.05, 0) is 38.5 Å². The van der Waals surface area contributed by atoms with Gasteiger partial charge in [0.15, 0.2) is 0 Å². The van der Waals surface area contributed by atoms with Crippen LogP contribution < -0.4 is 5.32 Å². The lowest BCUT2D eigenvalue weighted by molar-refractivity contribution is -0.146. The fourth-order valence-corrected chi connectivity index (χ4v) is 1.75. The number of esters is 1. The van der Waals surface area contributed by atoms with Crippen LogP contribution >= 0.6 is 0 Å². The molecule has 0 fully saturated rings. The van der Waals surface area contributed by atoms with Gasteiger partial charge >= 0.3 is 12.1 Å². The molecule has 1 aromatic carbocycles. The summed E-state index contributed by atoms with van der Waals surface area (Å²) < 4.78 is 43.0. The van der Waals surface area contributed by atoms with Crippen molar-refractivity contribution in [2.24, 2.45) is 0 Å². The molecule has 20 heavy (non-hydrogen) atoms. The van der Waals surface area contributed by atoms with Crippen molar-refractivity contribution in [3.8, 4) is 0 Å². The van der Waals surface area contributed by atoms with Crippen molar-refractivity contribution >= 4 is 5.97 Å². The maximum atomic E-state index is 12.7. The number of benzene rings is 1. The van der Waals surface area contributed by atoms with E-state index in [-0.39, 0.29) is 18.2 Å². The molecule has 0 saturated heterocycles. The maximum absolute atomic E-state index is 12.7. The summed E-state index contributed by atoms with van der Waals surface area (Å²) in [6.07, 6.45) is -4.44. The number of rotatable bonds is 5. The molecule has 1 atom stereocenters. The van der Waals surface area contributed by atoms with Crippen LogP contribution in [0.4, 0.5) is 13.2 Å². The average molecular weight is 289 g/mol. The van der Waals surface area contributed by atoms with Gasteiger partial charge in [-0.2, -0.15) is 13.2 Å². The van der Waals surface area contributed by atoms with Crippen LogP contribution in [0.2, 0.25) is 0 Å². The van der Waals surface area contributed by atoms with Crippen LogP contribution in [0.3, 0.4) is 0 Å². The Bertz CT molecular complexity index is 458. The summed E-state index contributed by atoms with van der Waals surface area (Å²) in [7, 11) is 0. The number of ether oxygens (including phenoxy) is 1. The lowest BCUT2D eigenvalue weighted by Crippen LogP contribution is -2.35. The summed E-state index contributed by atoms with van der Waals surface area (Å²) in [5.74, 6) is -0.583. The highest BCUT2D eigenvalue weighted by Gasteiger charge is 2.32. The molecule has 0 heterocycles. The Morgan fingerprint density at radius 3 is 2.50 bits per heavy atom. The molecule has 0 spiro atoms. The van der Waals surface area contributed by atoms with Crippen molar-refractivity contribution in [1.29, 1.82) is 0 Å². The quantitative estimate of drug-likeness (QED) is 0.845. The predicted molar refractivity (Wildman–Crippen MR) is 69.1 cm³/mol. The van der Waals surface area contributed by atoms with Crippen molar-refractivity contribution in [3.63, 3.8) is 0 Å². The van der Waals surface area contributed by atoms with Crippen LogP contribution in [-0.2, 0) is 15.7 Å². The molecule has 0 aliphatic rings. The monoisotopic (exact) mass is 289 g/mol. The van der Waals surface area contributed by atoms with Crippen LogP contribution in [0.25, 0.3) is 0 Å². The van der Waals surface area contributed by atoms with Crippen LogP contribution in [-0.4, -0.2) is 18.6 Å². The second kappa shape index (κ2) is 6.74. The SMILES string of the molecule is CCOC(=O)C(NC(C)C)c1cccc(C(F)(F)F)c1. The molecule has 1 aromatic rings. The number of halogens is 3. The number of carbonyl (C=O) groups is 1. The van der Waals surface area contributed by atoms with E-state index in [0.29, 0.717) is 0 Å². The first kappa shape index (κ1) is 16.5. The van der Waals surface area contributed by atoms with E-state index in [0.717, 1.165) is 12.1 Å². The normalized spacial score (nSPS) is 13.3. The van der Waals surface area contributed by atoms with E-state index in [1.807, 2.05) is 0 Å². The lowest BCUT2D eigenvalue weighted by atomic mass is 10.0. The zero-order valence-corrected chi connectivity index (χ0v) is 11.6. The van der Waals surface area contributed by atoms with Crippen molar-refractivity contribution < 1.29 is 22.7 Å². The highest BCUT2D eigenvalue weighted by molar-refractivity contribution is 5.77. The number of carbonyl (C=O) groups excluding carboxylic acids is 1. The summed E-state index contributed by atoms with van der Waals surface area (Å²) in [4.78, 5) is 11.9. The molecule has 0 aliphatic heterocycles. The molecule has 1 unspecified atom stereocenters. The van der Waals surface area contributed by atoms with Gasteiger partial charge in [-0.15, -0.1) is 0 Å². The second-order valence-electron chi connectivity index (χ2n) is 4.63. The summed E-state index contributed by atoms with van der Waals surface area (Å²) in [6.45, 7) is 5.43. The smallest absolute Gasteiger partial charge is 0.416 e. The van der Waals surface area contributed by atoms with Gasteiger partial charge in [0.1, 0.15) is 6.04 Å². The summed E-state index contributed by atoms with van der Waals surface area (Å²) >= 11 is 0. The van der Waals surface area contributed by atoms with Gasteiger partial charge in [0.05, 0.1) is 12.2 Å². The Morgan fingerprint density at radius 1 is 1.35 bits per heavy atom. The zero-order chi connectivity index (χ0) is 15.3. The van der Waals surface area contributed by atoms with E-state index < -0.39 is 23.8 Å². The zero-order valence-electron chi connectivity index (χ0n) is 11.6. The summed E-state index contributed by atoms with van der Waals surface area (Å²) in [5, 5.41) is 2.92. The Kier molecular flexibility index (Phi) is 5.56. The number of alkyl halides is 3. The van der Waals surface area contributed by atoms with Crippen molar-refractivity contribution in [3.05, 3.63) is 35.4 Å². The molecule has 0 amide bonds. The largest absolute Gasteiger partial charge is 0.465 e. The van der Waals surface area contributed by atoms with Crippen LogP contribution in [0.1, 0.15) is 37.9 Å². The molecule has 1 N–H and O–H groups in total.